The summed E-state index contributed by atoms with van der Waals surface area (Å²) in [6.45, 7) is 3.85. The highest BCUT2D eigenvalue weighted by Crippen LogP contribution is 2.15. The maximum atomic E-state index is 13.1. The van der Waals surface area contributed by atoms with Crippen LogP contribution in [0.3, 0.4) is 0 Å². The highest BCUT2D eigenvalue weighted by Gasteiger charge is 2.15. The van der Waals surface area contributed by atoms with E-state index in [9.17, 15) is 14.0 Å². The van der Waals surface area contributed by atoms with Gasteiger partial charge < -0.3 is 10.1 Å². The Morgan fingerprint density at radius 1 is 1.37 bits per heavy atom. The predicted molar refractivity (Wildman–Crippen MR) is 69.5 cm³/mol. The van der Waals surface area contributed by atoms with Gasteiger partial charge in [0.25, 0.3) is 0 Å². The summed E-state index contributed by atoms with van der Waals surface area (Å²) in [5.74, 6) is -0.930. The molecule has 1 N–H and O–H groups in total. The molecule has 2 amide bonds. The van der Waals surface area contributed by atoms with Crippen molar-refractivity contribution in [1.82, 2.24) is 5.32 Å². The smallest absolute Gasteiger partial charge is 0.325 e. The first-order chi connectivity index (χ1) is 9.08. The van der Waals surface area contributed by atoms with Gasteiger partial charge in [0.15, 0.2) is 0 Å². The van der Waals surface area contributed by atoms with Crippen molar-refractivity contribution >= 4 is 17.7 Å². The zero-order chi connectivity index (χ0) is 14.3. The molecule has 0 fully saturated rings. The number of hydrogen-bond donors (Lipinski definition) is 1. The molecule has 0 aliphatic heterocycles. The lowest BCUT2D eigenvalue weighted by atomic mass is 10.3. The number of benzene rings is 1. The number of carbonyl (C=O) groups excluding carboxylic acids is 2. The Morgan fingerprint density at radius 2 is 2.11 bits per heavy atom. The van der Waals surface area contributed by atoms with E-state index in [4.69, 9.17) is 4.74 Å². The molecule has 1 aromatic carbocycles. The van der Waals surface area contributed by atoms with Gasteiger partial charge in [-0.3, -0.25) is 9.69 Å². The number of esters is 1. The monoisotopic (exact) mass is 268 g/mol. The Kier molecular flexibility index (Phi) is 5.78. The van der Waals surface area contributed by atoms with Gasteiger partial charge in [-0.05, 0) is 32.0 Å². The first-order valence-corrected chi connectivity index (χ1v) is 6.05. The summed E-state index contributed by atoms with van der Waals surface area (Å²) < 4.78 is 17.8. The van der Waals surface area contributed by atoms with Crippen LogP contribution in [0.4, 0.5) is 14.9 Å². The number of rotatable bonds is 5. The fourth-order valence-corrected chi connectivity index (χ4v) is 1.54. The highest BCUT2D eigenvalue weighted by molar-refractivity contribution is 5.93. The summed E-state index contributed by atoms with van der Waals surface area (Å²) in [6.07, 6.45) is 0. The molecule has 0 aliphatic rings. The van der Waals surface area contributed by atoms with Crippen molar-refractivity contribution in [3.8, 4) is 0 Å². The topological polar surface area (TPSA) is 58.6 Å². The van der Waals surface area contributed by atoms with Gasteiger partial charge in [-0.15, -0.1) is 0 Å². The Morgan fingerprint density at radius 3 is 2.68 bits per heavy atom. The summed E-state index contributed by atoms with van der Waals surface area (Å²) in [7, 11) is 0. The van der Waals surface area contributed by atoms with Gasteiger partial charge >= 0.3 is 12.0 Å². The van der Waals surface area contributed by atoms with Crippen LogP contribution in [0, 0.1) is 5.82 Å². The van der Waals surface area contributed by atoms with Crippen LogP contribution < -0.4 is 10.2 Å². The molecule has 6 heteroatoms. The summed E-state index contributed by atoms with van der Waals surface area (Å²) in [5.41, 5.74) is 0.434. The lowest BCUT2D eigenvalue weighted by Crippen LogP contribution is -2.42. The third-order valence-electron chi connectivity index (χ3n) is 2.37. The predicted octanol–water partition coefficient (Wildman–Crippen LogP) is 1.92. The van der Waals surface area contributed by atoms with Crippen molar-refractivity contribution in [1.29, 1.82) is 0 Å². The third kappa shape index (κ3) is 4.57. The van der Waals surface area contributed by atoms with Gasteiger partial charge in [0.1, 0.15) is 12.4 Å². The quantitative estimate of drug-likeness (QED) is 0.830. The number of halogens is 1. The van der Waals surface area contributed by atoms with Crippen LogP contribution in [0.5, 0.6) is 0 Å². The van der Waals surface area contributed by atoms with E-state index in [2.05, 4.69) is 5.32 Å². The number of ether oxygens (including phenoxy) is 1. The maximum absolute atomic E-state index is 13.1. The van der Waals surface area contributed by atoms with E-state index in [1.807, 2.05) is 0 Å². The first kappa shape index (κ1) is 14.9. The molecular weight excluding hydrogens is 251 g/mol. The molecule has 0 unspecified atom stereocenters. The van der Waals surface area contributed by atoms with Gasteiger partial charge in [0.05, 0.1) is 6.61 Å². The molecule has 0 atom stereocenters. The summed E-state index contributed by atoms with van der Waals surface area (Å²) in [5, 5.41) is 2.43. The van der Waals surface area contributed by atoms with Crippen LogP contribution >= 0.6 is 0 Å². The molecule has 0 saturated carbocycles. The van der Waals surface area contributed by atoms with Gasteiger partial charge in [0, 0.05) is 12.2 Å². The minimum atomic E-state index is -0.508. The van der Waals surface area contributed by atoms with E-state index in [1.54, 1.807) is 19.9 Å². The molecule has 0 radical (unpaired) electrons. The number of anilines is 1. The lowest BCUT2D eigenvalue weighted by molar-refractivity contribution is -0.141. The Hall–Kier alpha value is -2.11. The molecule has 0 heterocycles. The average Bonchev–Trinajstić information content (AvgIpc) is 2.38. The van der Waals surface area contributed by atoms with E-state index < -0.39 is 17.8 Å². The SMILES string of the molecule is CCOC(=O)CNC(=O)N(CC)c1cccc(F)c1. The van der Waals surface area contributed by atoms with E-state index in [-0.39, 0.29) is 13.2 Å². The molecule has 1 rings (SSSR count). The molecule has 0 bridgehead atoms. The molecule has 0 spiro atoms. The van der Waals surface area contributed by atoms with Gasteiger partial charge in [0.2, 0.25) is 0 Å². The normalized spacial score (nSPS) is 9.84. The number of hydrogen-bond acceptors (Lipinski definition) is 3. The van der Waals surface area contributed by atoms with Gasteiger partial charge in [-0.1, -0.05) is 6.07 Å². The largest absolute Gasteiger partial charge is 0.465 e. The Balaban J connectivity index is 2.64. The van der Waals surface area contributed by atoms with Gasteiger partial charge in [-0.2, -0.15) is 0 Å². The maximum Gasteiger partial charge on any atom is 0.325 e. The summed E-state index contributed by atoms with van der Waals surface area (Å²) in [6, 6.07) is 5.23. The second-order valence-corrected chi connectivity index (χ2v) is 3.69. The Labute approximate surface area is 111 Å². The molecule has 5 nitrogen and oxygen atoms in total. The fraction of sp³-hybridized carbons (Fsp3) is 0.385. The number of nitrogens with one attached hydrogen (secondary N) is 1. The molecule has 0 aliphatic carbocycles. The molecule has 1 aromatic rings. The van der Waals surface area contributed by atoms with Crippen LogP contribution in [0.2, 0.25) is 0 Å². The van der Waals surface area contributed by atoms with Crippen molar-refractivity contribution < 1.29 is 18.7 Å². The zero-order valence-electron chi connectivity index (χ0n) is 11.0. The summed E-state index contributed by atoms with van der Waals surface area (Å²) in [4.78, 5) is 24.3. The molecule has 0 aromatic heterocycles. The van der Waals surface area contributed by atoms with Crippen molar-refractivity contribution in [3.63, 3.8) is 0 Å². The van der Waals surface area contributed by atoms with E-state index in [0.29, 0.717) is 12.2 Å². The van der Waals surface area contributed by atoms with Gasteiger partial charge in [-0.25, -0.2) is 9.18 Å². The molecule has 0 saturated heterocycles. The van der Waals surface area contributed by atoms with Crippen molar-refractivity contribution in [2.24, 2.45) is 0 Å². The van der Waals surface area contributed by atoms with E-state index in [1.165, 1.54) is 23.1 Å². The van der Waals surface area contributed by atoms with Crippen molar-refractivity contribution in [3.05, 3.63) is 30.1 Å². The van der Waals surface area contributed by atoms with E-state index >= 15 is 0 Å². The number of carbonyl (C=O) groups is 2. The number of amides is 2. The number of urea groups is 1. The molecular formula is C13H17FN2O3. The second kappa shape index (κ2) is 7.35. The standard InChI is InChI=1S/C13H17FN2O3/c1-3-16(11-7-5-6-10(14)8-11)13(18)15-9-12(17)19-4-2/h5-8H,3-4,9H2,1-2H3,(H,15,18). The molecule has 19 heavy (non-hydrogen) atoms. The average molecular weight is 268 g/mol. The second-order valence-electron chi connectivity index (χ2n) is 3.69. The van der Waals surface area contributed by atoms with Crippen LogP contribution in [-0.2, 0) is 9.53 Å². The molecule has 104 valence electrons. The minimum Gasteiger partial charge on any atom is -0.465 e. The van der Waals surface area contributed by atoms with Crippen molar-refractivity contribution in [2.75, 3.05) is 24.6 Å². The Bertz CT molecular complexity index is 451. The minimum absolute atomic E-state index is 0.210. The summed E-state index contributed by atoms with van der Waals surface area (Å²) >= 11 is 0. The van der Waals surface area contributed by atoms with Crippen LogP contribution in [0.25, 0.3) is 0 Å². The fourth-order valence-electron chi connectivity index (χ4n) is 1.54. The first-order valence-electron chi connectivity index (χ1n) is 6.05. The van der Waals surface area contributed by atoms with Crippen LogP contribution in [0.1, 0.15) is 13.8 Å². The van der Waals surface area contributed by atoms with Crippen LogP contribution in [0.15, 0.2) is 24.3 Å². The lowest BCUT2D eigenvalue weighted by Gasteiger charge is -2.21. The van der Waals surface area contributed by atoms with Crippen LogP contribution in [-0.4, -0.2) is 31.7 Å². The highest BCUT2D eigenvalue weighted by atomic mass is 19.1. The van der Waals surface area contributed by atoms with E-state index in [0.717, 1.165) is 0 Å². The number of nitrogens with zero attached hydrogens (tertiary/aromatic N) is 1. The third-order valence-corrected chi connectivity index (χ3v) is 2.37. The zero-order valence-corrected chi connectivity index (χ0v) is 11.0. The van der Waals surface area contributed by atoms with Crippen molar-refractivity contribution in [2.45, 2.75) is 13.8 Å².